The van der Waals surface area contributed by atoms with Crippen LogP contribution in [0.2, 0.25) is 5.02 Å². The first kappa shape index (κ1) is 20.3. The minimum Gasteiger partial charge on any atom is -0.351 e. The van der Waals surface area contributed by atoms with Gasteiger partial charge in [-0.1, -0.05) is 35.9 Å². The van der Waals surface area contributed by atoms with Crippen molar-refractivity contribution in [2.24, 2.45) is 0 Å². The Morgan fingerprint density at radius 3 is 2.75 bits per heavy atom. The Morgan fingerprint density at radius 2 is 1.97 bits per heavy atom. The Labute approximate surface area is 187 Å². The Morgan fingerprint density at radius 1 is 1.16 bits per heavy atom. The highest BCUT2D eigenvalue weighted by atomic mass is 35.5. The fraction of sp³-hybridized carbons (Fsp3) is 0.217. The molecule has 3 N–H and O–H groups in total. The summed E-state index contributed by atoms with van der Waals surface area (Å²) in [6, 6.07) is 12.1. The van der Waals surface area contributed by atoms with Crippen molar-refractivity contribution in [2.75, 3.05) is 0 Å². The molecule has 0 radical (unpaired) electrons. The predicted octanol–water partition coefficient (Wildman–Crippen LogP) is 2.51. The molecular formula is C23H19ClN4O4. The third-order valence-corrected chi connectivity index (χ3v) is 6.41. The SMILES string of the molecule is O=C1CCC(N2Cc3c(ccc(CNC(=O)c4cc5ccccc5[nH]4)c3Cl)C2=O)C(=O)N1. The maximum absolute atomic E-state index is 12.9. The average Bonchev–Trinajstić information content (AvgIpc) is 3.35. The Hall–Kier alpha value is -3.65. The predicted molar refractivity (Wildman–Crippen MR) is 117 cm³/mol. The standard InChI is InChI=1S/C23H19ClN4O4/c24-20-13(10-25-21(30)17-9-12-3-1-2-4-16(12)26-17)5-6-14-15(20)11-28(23(14)32)18-7-8-19(29)27-22(18)31/h1-6,9,18,26H,7-8,10-11H2,(H,25,30)(H,27,29,31). The number of benzene rings is 2. The summed E-state index contributed by atoms with van der Waals surface area (Å²) in [7, 11) is 0. The molecule has 2 aromatic carbocycles. The van der Waals surface area contributed by atoms with E-state index in [0.29, 0.717) is 27.4 Å². The molecule has 1 fully saturated rings. The van der Waals surface area contributed by atoms with Crippen LogP contribution in [0.15, 0.2) is 42.5 Å². The number of aromatic amines is 1. The largest absolute Gasteiger partial charge is 0.351 e. The molecule has 32 heavy (non-hydrogen) atoms. The van der Waals surface area contributed by atoms with Crippen LogP contribution < -0.4 is 10.6 Å². The van der Waals surface area contributed by atoms with Crippen LogP contribution in [0, 0.1) is 0 Å². The van der Waals surface area contributed by atoms with Crippen LogP contribution in [-0.2, 0) is 22.7 Å². The Kier molecular flexibility index (Phi) is 4.94. The van der Waals surface area contributed by atoms with Crippen molar-refractivity contribution in [1.82, 2.24) is 20.5 Å². The highest BCUT2D eigenvalue weighted by Gasteiger charge is 2.40. The summed E-state index contributed by atoms with van der Waals surface area (Å²) < 4.78 is 0. The van der Waals surface area contributed by atoms with E-state index in [2.05, 4.69) is 15.6 Å². The first-order chi connectivity index (χ1) is 15.4. The van der Waals surface area contributed by atoms with Crippen LogP contribution in [0.4, 0.5) is 0 Å². The molecule has 1 aromatic heterocycles. The lowest BCUT2D eigenvalue weighted by Crippen LogP contribution is -2.52. The highest BCUT2D eigenvalue weighted by Crippen LogP contribution is 2.34. The zero-order chi connectivity index (χ0) is 22.4. The molecule has 1 atom stereocenters. The highest BCUT2D eigenvalue weighted by molar-refractivity contribution is 6.33. The number of para-hydroxylation sites is 1. The number of nitrogens with zero attached hydrogens (tertiary/aromatic N) is 1. The molecule has 0 aliphatic carbocycles. The molecule has 8 nitrogen and oxygen atoms in total. The van der Waals surface area contributed by atoms with Crippen molar-refractivity contribution >= 4 is 46.1 Å². The number of amides is 4. The van der Waals surface area contributed by atoms with E-state index < -0.39 is 11.9 Å². The maximum Gasteiger partial charge on any atom is 0.267 e. The van der Waals surface area contributed by atoms with Gasteiger partial charge < -0.3 is 15.2 Å². The second-order valence-corrected chi connectivity index (χ2v) is 8.30. The van der Waals surface area contributed by atoms with Crippen LogP contribution in [0.3, 0.4) is 0 Å². The fourth-order valence-electron chi connectivity index (χ4n) is 4.26. The quantitative estimate of drug-likeness (QED) is 0.530. The van der Waals surface area contributed by atoms with E-state index in [9.17, 15) is 19.2 Å². The monoisotopic (exact) mass is 450 g/mol. The van der Waals surface area contributed by atoms with E-state index in [0.717, 1.165) is 10.9 Å². The van der Waals surface area contributed by atoms with Crippen molar-refractivity contribution in [3.05, 3.63) is 69.9 Å². The third-order valence-electron chi connectivity index (χ3n) is 5.94. The molecule has 1 unspecified atom stereocenters. The molecule has 9 heteroatoms. The maximum atomic E-state index is 12.9. The van der Waals surface area contributed by atoms with Gasteiger partial charge >= 0.3 is 0 Å². The van der Waals surface area contributed by atoms with Crippen molar-refractivity contribution in [1.29, 1.82) is 0 Å². The van der Waals surface area contributed by atoms with E-state index in [1.165, 1.54) is 4.90 Å². The van der Waals surface area contributed by atoms with Crippen LogP contribution >= 0.6 is 11.6 Å². The van der Waals surface area contributed by atoms with Crippen molar-refractivity contribution in [3.8, 4) is 0 Å². The van der Waals surface area contributed by atoms with Crippen LogP contribution in [-0.4, -0.2) is 39.6 Å². The number of hydrogen-bond donors (Lipinski definition) is 3. The molecule has 1 saturated heterocycles. The molecular weight excluding hydrogens is 432 g/mol. The fourth-order valence-corrected chi connectivity index (χ4v) is 4.55. The normalized spacial score (nSPS) is 18.1. The summed E-state index contributed by atoms with van der Waals surface area (Å²) in [5.74, 6) is -1.35. The Bertz CT molecular complexity index is 1270. The molecule has 0 spiro atoms. The zero-order valence-corrected chi connectivity index (χ0v) is 17.7. The topological polar surface area (TPSA) is 111 Å². The Balaban J connectivity index is 1.32. The van der Waals surface area contributed by atoms with Gasteiger partial charge in [0, 0.05) is 41.5 Å². The summed E-state index contributed by atoms with van der Waals surface area (Å²) in [5, 5.41) is 6.47. The average molecular weight is 451 g/mol. The first-order valence-electron chi connectivity index (χ1n) is 10.2. The van der Waals surface area contributed by atoms with E-state index in [4.69, 9.17) is 11.6 Å². The van der Waals surface area contributed by atoms with Gasteiger partial charge in [0.25, 0.3) is 11.8 Å². The molecule has 162 valence electrons. The molecule has 0 saturated carbocycles. The molecule has 4 amide bonds. The minimum atomic E-state index is -0.700. The second-order valence-electron chi connectivity index (χ2n) is 7.92. The zero-order valence-electron chi connectivity index (χ0n) is 16.9. The van der Waals surface area contributed by atoms with Gasteiger partial charge in [-0.3, -0.25) is 24.5 Å². The van der Waals surface area contributed by atoms with E-state index >= 15 is 0 Å². The van der Waals surface area contributed by atoms with Gasteiger partial charge in [-0.25, -0.2) is 0 Å². The lowest BCUT2D eigenvalue weighted by atomic mass is 10.0. The molecule has 0 bridgehead atoms. The van der Waals surface area contributed by atoms with Crippen molar-refractivity contribution in [3.63, 3.8) is 0 Å². The van der Waals surface area contributed by atoms with E-state index in [1.807, 2.05) is 24.3 Å². The number of carbonyl (C=O) groups is 4. The van der Waals surface area contributed by atoms with Gasteiger partial charge in [-0.15, -0.1) is 0 Å². The lowest BCUT2D eigenvalue weighted by Gasteiger charge is -2.29. The van der Waals surface area contributed by atoms with E-state index in [1.54, 1.807) is 18.2 Å². The molecule has 3 aromatic rings. The summed E-state index contributed by atoms with van der Waals surface area (Å²) in [6.45, 7) is 0.371. The summed E-state index contributed by atoms with van der Waals surface area (Å²) in [4.78, 5) is 53.6. The minimum absolute atomic E-state index is 0.184. The third kappa shape index (κ3) is 3.42. The van der Waals surface area contributed by atoms with Crippen LogP contribution in [0.1, 0.15) is 44.8 Å². The number of imide groups is 1. The first-order valence-corrected chi connectivity index (χ1v) is 10.6. The van der Waals surface area contributed by atoms with Gasteiger partial charge in [-0.2, -0.15) is 0 Å². The van der Waals surface area contributed by atoms with Gasteiger partial charge in [0.15, 0.2) is 0 Å². The lowest BCUT2D eigenvalue weighted by molar-refractivity contribution is -0.136. The molecule has 3 heterocycles. The van der Waals surface area contributed by atoms with Gasteiger partial charge in [0.1, 0.15) is 11.7 Å². The van der Waals surface area contributed by atoms with Gasteiger partial charge in [0.05, 0.1) is 5.02 Å². The molecule has 2 aliphatic rings. The number of fused-ring (bicyclic) bond motifs is 2. The number of H-pyrrole nitrogens is 1. The number of rotatable bonds is 4. The summed E-state index contributed by atoms with van der Waals surface area (Å²) >= 11 is 6.58. The number of carbonyl (C=O) groups excluding carboxylic acids is 4. The summed E-state index contributed by atoms with van der Waals surface area (Å²) in [5.41, 5.74) is 3.06. The van der Waals surface area contributed by atoms with E-state index in [-0.39, 0.29) is 43.7 Å². The smallest absolute Gasteiger partial charge is 0.267 e. The molecule has 5 rings (SSSR count). The van der Waals surface area contributed by atoms with Crippen molar-refractivity contribution < 1.29 is 19.2 Å². The summed E-state index contributed by atoms with van der Waals surface area (Å²) in [6.07, 6.45) is 0.477. The van der Waals surface area contributed by atoms with Crippen LogP contribution in [0.25, 0.3) is 10.9 Å². The number of nitrogens with one attached hydrogen (secondary N) is 3. The molecule has 2 aliphatic heterocycles. The van der Waals surface area contributed by atoms with Crippen molar-refractivity contribution in [2.45, 2.75) is 32.0 Å². The second kappa shape index (κ2) is 7.80. The van der Waals surface area contributed by atoms with Gasteiger partial charge in [-0.05, 0) is 30.2 Å². The number of aromatic nitrogens is 1. The number of hydrogen-bond acceptors (Lipinski definition) is 4. The number of piperidine rings is 1. The van der Waals surface area contributed by atoms with Crippen LogP contribution in [0.5, 0.6) is 0 Å². The van der Waals surface area contributed by atoms with Gasteiger partial charge in [0.2, 0.25) is 11.8 Å². The number of halogens is 1.